The molecule has 0 aliphatic carbocycles. The van der Waals surface area contributed by atoms with Crippen molar-refractivity contribution < 1.29 is 9.53 Å². The maximum absolute atomic E-state index is 11.4. The van der Waals surface area contributed by atoms with E-state index < -0.39 is 0 Å². The minimum atomic E-state index is -0.360. The van der Waals surface area contributed by atoms with Crippen molar-refractivity contribution in [3.8, 4) is 0 Å². The van der Waals surface area contributed by atoms with E-state index in [9.17, 15) is 4.79 Å². The van der Waals surface area contributed by atoms with E-state index in [0.717, 1.165) is 23.1 Å². The molecule has 2 aromatic rings. The maximum atomic E-state index is 11.4. The second-order valence-electron chi connectivity index (χ2n) is 3.59. The van der Waals surface area contributed by atoms with Crippen molar-refractivity contribution in [2.24, 2.45) is 0 Å². The zero-order valence-electron chi connectivity index (χ0n) is 9.61. The molecule has 1 heterocycles. The van der Waals surface area contributed by atoms with Gasteiger partial charge < -0.3 is 9.72 Å². The third-order valence-corrected chi connectivity index (χ3v) is 2.83. The fourth-order valence-corrected chi connectivity index (χ4v) is 1.90. The first-order chi connectivity index (χ1) is 8.15. The van der Waals surface area contributed by atoms with Crippen LogP contribution in [0.4, 0.5) is 0 Å². The fourth-order valence-electron chi connectivity index (χ4n) is 1.61. The van der Waals surface area contributed by atoms with E-state index >= 15 is 0 Å². The molecule has 17 heavy (non-hydrogen) atoms. The Morgan fingerprint density at radius 1 is 1.53 bits per heavy atom. The molecule has 4 nitrogen and oxygen atoms in total. The summed E-state index contributed by atoms with van der Waals surface area (Å²) in [5.74, 6) is 0.450. The molecule has 0 fully saturated rings. The normalized spacial score (nSPS) is 10.5. The molecule has 1 N–H and O–H groups in total. The average molecular weight is 248 g/mol. The van der Waals surface area contributed by atoms with Crippen LogP contribution in [0.15, 0.2) is 18.2 Å². The summed E-state index contributed by atoms with van der Waals surface area (Å²) in [5.41, 5.74) is 1.31. The first-order valence-electron chi connectivity index (χ1n) is 5.27. The zero-order chi connectivity index (χ0) is 12.4. The number of hydrogen-bond acceptors (Lipinski definition) is 4. The Morgan fingerprint density at radius 3 is 2.94 bits per heavy atom. The van der Waals surface area contributed by atoms with Crippen LogP contribution < -0.4 is 0 Å². The number of benzene rings is 1. The smallest absolute Gasteiger partial charge is 0.337 e. The predicted octanol–water partition coefficient (Wildman–Crippen LogP) is 2.64. The molecule has 0 aliphatic rings. The first-order valence-corrected chi connectivity index (χ1v) is 5.67. The van der Waals surface area contributed by atoms with E-state index in [0.29, 0.717) is 10.2 Å². The van der Waals surface area contributed by atoms with Gasteiger partial charge in [0, 0.05) is 11.8 Å². The van der Waals surface area contributed by atoms with Crippen LogP contribution in [0.5, 0.6) is 0 Å². The average Bonchev–Trinajstić information content (AvgIpc) is 2.36. The van der Waals surface area contributed by atoms with Crippen LogP contribution in [0.3, 0.4) is 0 Å². The maximum Gasteiger partial charge on any atom is 0.337 e. The second kappa shape index (κ2) is 4.63. The third kappa shape index (κ3) is 2.19. The molecular weight excluding hydrogens is 236 g/mol. The largest absolute Gasteiger partial charge is 0.465 e. The predicted molar refractivity (Wildman–Crippen MR) is 67.6 cm³/mol. The summed E-state index contributed by atoms with van der Waals surface area (Å²) in [4.78, 5) is 18.8. The van der Waals surface area contributed by atoms with Gasteiger partial charge in [0.15, 0.2) is 0 Å². The van der Waals surface area contributed by atoms with Crippen molar-refractivity contribution >= 4 is 29.1 Å². The standard InChI is InChI=1S/C12H12N2O2S/c1-3-10-13-9-6-7(12(15)16-2)4-5-8(9)11(17)14-10/h4-6H,3H2,1-2H3,(H,13,14,17). The number of esters is 1. The topological polar surface area (TPSA) is 55.0 Å². The lowest BCUT2D eigenvalue weighted by Gasteiger charge is -2.04. The minimum absolute atomic E-state index is 0.360. The van der Waals surface area contributed by atoms with Gasteiger partial charge in [-0.3, -0.25) is 0 Å². The van der Waals surface area contributed by atoms with Crippen LogP contribution in [0.2, 0.25) is 0 Å². The minimum Gasteiger partial charge on any atom is -0.465 e. The number of fused-ring (bicyclic) bond motifs is 1. The molecule has 5 heteroatoms. The highest BCUT2D eigenvalue weighted by molar-refractivity contribution is 7.71. The quantitative estimate of drug-likeness (QED) is 0.655. The van der Waals surface area contributed by atoms with Crippen molar-refractivity contribution in [2.75, 3.05) is 7.11 Å². The van der Waals surface area contributed by atoms with Gasteiger partial charge in [-0.1, -0.05) is 19.1 Å². The summed E-state index contributed by atoms with van der Waals surface area (Å²) in [7, 11) is 1.36. The lowest BCUT2D eigenvalue weighted by Crippen LogP contribution is -2.02. The molecule has 88 valence electrons. The van der Waals surface area contributed by atoms with Gasteiger partial charge in [-0.25, -0.2) is 9.78 Å². The monoisotopic (exact) mass is 248 g/mol. The summed E-state index contributed by atoms with van der Waals surface area (Å²) in [5, 5.41) is 0.838. The number of nitrogens with zero attached hydrogens (tertiary/aromatic N) is 1. The lowest BCUT2D eigenvalue weighted by molar-refractivity contribution is 0.0601. The van der Waals surface area contributed by atoms with Gasteiger partial charge in [0.1, 0.15) is 10.5 Å². The highest BCUT2D eigenvalue weighted by Gasteiger charge is 2.07. The van der Waals surface area contributed by atoms with E-state index in [4.69, 9.17) is 12.2 Å². The molecule has 2 rings (SSSR count). The third-order valence-electron chi connectivity index (χ3n) is 2.52. The van der Waals surface area contributed by atoms with E-state index in [2.05, 4.69) is 14.7 Å². The van der Waals surface area contributed by atoms with Crippen molar-refractivity contribution in [2.45, 2.75) is 13.3 Å². The summed E-state index contributed by atoms with van der Waals surface area (Å²) >= 11 is 5.20. The molecule has 0 atom stereocenters. The molecular formula is C12H12N2O2S. The Balaban J connectivity index is 2.67. The van der Waals surface area contributed by atoms with Gasteiger partial charge in [0.2, 0.25) is 0 Å². The van der Waals surface area contributed by atoms with Gasteiger partial charge in [0.05, 0.1) is 18.2 Å². The van der Waals surface area contributed by atoms with Crippen molar-refractivity contribution in [1.29, 1.82) is 0 Å². The van der Waals surface area contributed by atoms with Crippen LogP contribution in [-0.2, 0) is 11.2 Å². The van der Waals surface area contributed by atoms with E-state index in [-0.39, 0.29) is 5.97 Å². The number of aromatic nitrogens is 2. The number of H-pyrrole nitrogens is 1. The Bertz CT molecular complexity index is 634. The number of rotatable bonds is 2. The summed E-state index contributed by atoms with van der Waals surface area (Å²) in [6.45, 7) is 1.99. The molecule has 1 aromatic carbocycles. The molecule has 0 saturated heterocycles. The number of aryl methyl sites for hydroxylation is 1. The second-order valence-corrected chi connectivity index (χ2v) is 3.98. The summed E-state index contributed by atoms with van der Waals surface area (Å²) in [6.07, 6.45) is 0.766. The molecule has 0 bridgehead atoms. The van der Waals surface area contributed by atoms with Crippen molar-refractivity contribution in [3.05, 3.63) is 34.2 Å². The van der Waals surface area contributed by atoms with Crippen LogP contribution in [-0.4, -0.2) is 23.0 Å². The van der Waals surface area contributed by atoms with E-state index in [1.54, 1.807) is 18.2 Å². The Labute approximate surface area is 104 Å². The highest BCUT2D eigenvalue weighted by Crippen LogP contribution is 2.16. The van der Waals surface area contributed by atoms with Crippen molar-refractivity contribution in [3.63, 3.8) is 0 Å². The van der Waals surface area contributed by atoms with Crippen LogP contribution >= 0.6 is 12.2 Å². The first kappa shape index (κ1) is 11.7. The van der Waals surface area contributed by atoms with E-state index in [1.165, 1.54) is 7.11 Å². The van der Waals surface area contributed by atoms with Gasteiger partial charge in [0.25, 0.3) is 0 Å². The molecule has 0 unspecified atom stereocenters. The van der Waals surface area contributed by atoms with E-state index in [1.807, 2.05) is 6.92 Å². The van der Waals surface area contributed by atoms with Crippen LogP contribution in [0.1, 0.15) is 23.1 Å². The SMILES string of the molecule is CCc1nc(=S)c2ccc(C(=O)OC)cc2[nH]1. The fraction of sp³-hybridized carbons (Fsp3) is 0.250. The van der Waals surface area contributed by atoms with Crippen LogP contribution in [0.25, 0.3) is 10.9 Å². The molecule has 0 radical (unpaired) electrons. The van der Waals surface area contributed by atoms with Gasteiger partial charge in [-0.05, 0) is 18.2 Å². The van der Waals surface area contributed by atoms with Crippen LogP contribution in [0, 0.1) is 4.64 Å². The molecule has 0 amide bonds. The zero-order valence-corrected chi connectivity index (χ0v) is 10.4. The lowest BCUT2D eigenvalue weighted by atomic mass is 10.1. The highest BCUT2D eigenvalue weighted by atomic mass is 32.1. The number of aromatic amines is 1. The Kier molecular flexibility index (Phi) is 3.19. The number of carbonyl (C=O) groups excluding carboxylic acids is 1. The Hall–Kier alpha value is -1.75. The molecule has 0 saturated carbocycles. The summed E-state index contributed by atoms with van der Waals surface area (Å²) in [6, 6.07) is 5.20. The number of nitrogens with one attached hydrogen (secondary N) is 1. The Morgan fingerprint density at radius 2 is 2.29 bits per heavy atom. The number of methoxy groups -OCH3 is 1. The van der Waals surface area contributed by atoms with Gasteiger partial charge in [-0.2, -0.15) is 0 Å². The number of ether oxygens (including phenoxy) is 1. The number of carbonyl (C=O) groups is 1. The molecule has 0 aliphatic heterocycles. The number of hydrogen-bond donors (Lipinski definition) is 1. The molecule has 0 spiro atoms. The van der Waals surface area contributed by atoms with Gasteiger partial charge in [-0.15, -0.1) is 0 Å². The molecule has 1 aromatic heterocycles. The van der Waals surface area contributed by atoms with Crippen molar-refractivity contribution in [1.82, 2.24) is 9.97 Å². The summed E-state index contributed by atoms with van der Waals surface area (Å²) < 4.78 is 5.23. The van der Waals surface area contributed by atoms with Gasteiger partial charge >= 0.3 is 5.97 Å².